The number of benzene rings is 3. The molecule has 2 heteroatoms. The van der Waals surface area contributed by atoms with Crippen molar-refractivity contribution in [3.8, 4) is 11.1 Å². The van der Waals surface area contributed by atoms with Crippen LogP contribution in [0.5, 0.6) is 0 Å². The van der Waals surface area contributed by atoms with Crippen LogP contribution in [-0.2, 0) is 6.42 Å². The third kappa shape index (κ3) is 3.42. The highest BCUT2D eigenvalue weighted by Crippen LogP contribution is 2.27. The number of unbranched alkanes of at least 4 members (excludes halogenated alkanes) is 2. The molecule has 0 heterocycles. The van der Waals surface area contributed by atoms with Gasteiger partial charge in [0, 0.05) is 5.39 Å². The summed E-state index contributed by atoms with van der Waals surface area (Å²) in [5.41, 5.74) is 3.45. The molecule has 0 unspecified atom stereocenters. The quantitative estimate of drug-likeness (QED) is 0.471. The van der Waals surface area contributed by atoms with Gasteiger partial charge in [-0.15, -0.1) is 0 Å². The Hall–Kier alpha value is -2.22. The zero-order valence-electron chi connectivity index (χ0n) is 13.3. The number of fused-ring (bicyclic) bond motifs is 1. The fourth-order valence-electron chi connectivity index (χ4n) is 2.89. The molecule has 3 aromatic carbocycles. The first-order valence-corrected chi connectivity index (χ1v) is 8.16. The van der Waals surface area contributed by atoms with E-state index in [-0.39, 0.29) is 0 Å². The van der Waals surface area contributed by atoms with Gasteiger partial charge in [-0.2, -0.15) is 0 Å². The molecule has 118 valence electrons. The first kappa shape index (κ1) is 15.7. The van der Waals surface area contributed by atoms with Gasteiger partial charge in [0.05, 0.1) is 0 Å². The van der Waals surface area contributed by atoms with E-state index in [1.165, 1.54) is 30.9 Å². The van der Waals surface area contributed by atoms with Crippen LogP contribution >= 0.6 is 0 Å². The molecule has 0 N–H and O–H groups in total. The highest BCUT2D eigenvalue weighted by molar-refractivity contribution is 5.87. The average Bonchev–Trinajstić information content (AvgIpc) is 2.59. The van der Waals surface area contributed by atoms with E-state index >= 15 is 0 Å². The molecule has 0 aliphatic heterocycles. The van der Waals surface area contributed by atoms with Gasteiger partial charge in [-0.05, 0) is 47.1 Å². The molecule has 0 nitrogen and oxygen atoms in total. The minimum absolute atomic E-state index is 0.324. The fourth-order valence-corrected chi connectivity index (χ4v) is 2.89. The number of halogens is 2. The summed E-state index contributed by atoms with van der Waals surface area (Å²) in [6.07, 6.45) is 4.81. The van der Waals surface area contributed by atoms with Gasteiger partial charge in [-0.3, -0.25) is 0 Å². The lowest BCUT2D eigenvalue weighted by molar-refractivity contribution is 0.517. The minimum atomic E-state index is -0.804. The van der Waals surface area contributed by atoms with Crippen LogP contribution in [0.4, 0.5) is 8.78 Å². The molecule has 0 aromatic heterocycles. The van der Waals surface area contributed by atoms with Crippen molar-refractivity contribution in [1.29, 1.82) is 0 Å². The van der Waals surface area contributed by atoms with E-state index in [9.17, 15) is 8.78 Å². The molecular weight excluding hydrogens is 290 g/mol. The summed E-state index contributed by atoms with van der Waals surface area (Å²) in [5, 5.41) is 1.04. The molecule has 0 radical (unpaired) electrons. The smallest absolute Gasteiger partial charge is 0.166 e. The number of hydrogen-bond donors (Lipinski definition) is 0. The zero-order chi connectivity index (χ0) is 16.2. The number of rotatable bonds is 5. The van der Waals surface area contributed by atoms with Gasteiger partial charge in [-0.1, -0.05) is 62.2 Å². The number of hydrogen-bond acceptors (Lipinski definition) is 0. The maximum absolute atomic E-state index is 13.8. The van der Waals surface area contributed by atoms with Crippen LogP contribution in [0, 0.1) is 11.6 Å². The standard InChI is InChI=1S/C21H20F2/c1-2-3-4-5-15-6-8-16(9-7-15)17-10-12-19-18(14-17)11-13-20(22)21(19)23/h6-14H,2-5H2,1H3. The van der Waals surface area contributed by atoms with Gasteiger partial charge in [0.15, 0.2) is 11.6 Å². The Kier molecular flexibility index (Phi) is 4.71. The average molecular weight is 310 g/mol. The molecule has 0 amide bonds. The normalized spacial score (nSPS) is 11.1. The third-order valence-electron chi connectivity index (χ3n) is 4.26. The van der Waals surface area contributed by atoms with Crippen LogP contribution in [0.1, 0.15) is 31.7 Å². The molecule has 0 fully saturated rings. The lowest BCUT2D eigenvalue weighted by Gasteiger charge is -2.07. The van der Waals surface area contributed by atoms with Crippen molar-refractivity contribution in [3.05, 3.63) is 71.8 Å². The minimum Gasteiger partial charge on any atom is -0.204 e. The van der Waals surface area contributed by atoms with Crippen LogP contribution < -0.4 is 0 Å². The third-order valence-corrected chi connectivity index (χ3v) is 4.26. The summed E-state index contributed by atoms with van der Waals surface area (Å²) in [4.78, 5) is 0. The lowest BCUT2D eigenvalue weighted by Crippen LogP contribution is -1.88. The van der Waals surface area contributed by atoms with E-state index in [2.05, 4.69) is 31.2 Å². The van der Waals surface area contributed by atoms with Crippen molar-refractivity contribution < 1.29 is 8.78 Å². The molecule has 23 heavy (non-hydrogen) atoms. The summed E-state index contributed by atoms with van der Waals surface area (Å²) in [5.74, 6) is -1.58. The topological polar surface area (TPSA) is 0 Å². The fraction of sp³-hybridized carbons (Fsp3) is 0.238. The lowest BCUT2D eigenvalue weighted by atomic mass is 9.99. The van der Waals surface area contributed by atoms with Crippen molar-refractivity contribution in [3.63, 3.8) is 0 Å². The maximum atomic E-state index is 13.8. The first-order valence-electron chi connectivity index (χ1n) is 8.16. The second kappa shape index (κ2) is 6.91. The SMILES string of the molecule is CCCCCc1ccc(-c2ccc3c(F)c(F)ccc3c2)cc1. The van der Waals surface area contributed by atoms with Crippen LogP contribution in [0.2, 0.25) is 0 Å². The van der Waals surface area contributed by atoms with Crippen LogP contribution in [-0.4, -0.2) is 0 Å². The van der Waals surface area contributed by atoms with E-state index in [0.29, 0.717) is 10.8 Å². The molecule has 0 saturated carbocycles. The molecule has 3 rings (SSSR count). The highest BCUT2D eigenvalue weighted by Gasteiger charge is 2.08. The highest BCUT2D eigenvalue weighted by atomic mass is 19.2. The van der Waals surface area contributed by atoms with Crippen molar-refractivity contribution in [1.82, 2.24) is 0 Å². The Labute approximate surface area is 135 Å². The Bertz CT molecular complexity index is 804. The summed E-state index contributed by atoms with van der Waals surface area (Å²) < 4.78 is 27.0. The molecule has 0 aliphatic rings. The molecule has 0 atom stereocenters. The van der Waals surface area contributed by atoms with E-state index in [4.69, 9.17) is 0 Å². The first-order chi connectivity index (χ1) is 11.2. The van der Waals surface area contributed by atoms with Gasteiger partial charge in [-0.25, -0.2) is 8.78 Å². The van der Waals surface area contributed by atoms with Crippen molar-refractivity contribution >= 4 is 10.8 Å². The Morgan fingerprint density at radius 1 is 0.783 bits per heavy atom. The van der Waals surface area contributed by atoms with Gasteiger partial charge < -0.3 is 0 Å². The predicted octanol–water partition coefficient (Wildman–Crippen LogP) is 6.52. The van der Waals surface area contributed by atoms with Crippen molar-refractivity contribution in [2.24, 2.45) is 0 Å². The molecule has 3 aromatic rings. The summed E-state index contributed by atoms with van der Waals surface area (Å²) in [6.45, 7) is 2.21. The zero-order valence-corrected chi connectivity index (χ0v) is 13.3. The monoisotopic (exact) mass is 310 g/mol. The number of aryl methyl sites for hydroxylation is 1. The van der Waals surface area contributed by atoms with Gasteiger partial charge in [0.25, 0.3) is 0 Å². The summed E-state index contributed by atoms with van der Waals surface area (Å²) in [6, 6.07) is 16.7. The van der Waals surface area contributed by atoms with Gasteiger partial charge in [0.2, 0.25) is 0 Å². The largest absolute Gasteiger partial charge is 0.204 e. The second-order valence-electron chi connectivity index (χ2n) is 5.95. The molecule has 0 bridgehead atoms. The molecule has 0 spiro atoms. The van der Waals surface area contributed by atoms with Gasteiger partial charge in [0.1, 0.15) is 0 Å². The Balaban J connectivity index is 1.86. The van der Waals surface area contributed by atoms with E-state index in [1.807, 2.05) is 12.1 Å². The molecular formula is C21H20F2. The van der Waals surface area contributed by atoms with E-state index in [0.717, 1.165) is 17.5 Å². The van der Waals surface area contributed by atoms with Crippen LogP contribution in [0.15, 0.2) is 54.6 Å². The van der Waals surface area contributed by atoms with Crippen LogP contribution in [0.25, 0.3) is 21.9 Å². The van der Waals surface area contributed by atoms with Gasteiger partial charge >= 0.3 is 0 Å². The maximum Gasteiger partial charge on any atom is 0.166 e. The Morgan fingerprint density at radius 2 is 1.52 bits per heavy atom. The molecule has 0 saturated heterocycles. The van der Waals surface area contributed by atoms with Crippen molar-refractivity contribution in [2.75, 3.05) is 0 Å². The summed E-state index contributed by atoms with van der Waals surface area (Å²) in [7, 11) is 0. The van der Waals surface area contributed by atoms with E-state index in [1.54, 1.807) is 12.1 Å². The second-order valence-corrected chi connectivity index (χ2v) is 5.95. The predicted molar refractivity (Wildman–Crippen MR) is 92.5 cm³/mol. The van der Waals surface area contributed by atoms with Crippen molar-refractivity contribution in [2.45, 2.75) is 32.6 Å². The molecule has 0 aliphatic carbocycles. The van der Waals surface area contributed by atoms with Crippen LogP contribution in [0.3, 0.4) is 0 Å². The summed E-state index contributed by atoms with van der Waals surface area (Å²) >= 11 is 0. The Morgan fingerprint density at radius 3 is 2.26 bits per heavy atom. The van der Waals surface area contributed by atoms with E-state index < -0.39 is 11.6 Å².